The zero-order chi connectivity index (χ0) is 37.8. The van der Waals surface area contributed by atoms with E-state index in [9.17, 15) is 35.3 Å². The van der Waals surface area contributed by atoms with E-state index in [1.807, 2.05) is 0 Å². The molecule has 0 saturated carbocycles. The molecule has 3 aromatic rings. The van der Waals surface area contributed by atoms with Gasteiger partial charge in [-0.3, -0.25) is 10.1 Å². The van der Waals surface area contributed by atoms with E-state index in [-0.39, 0.29) is 48.5 Å². The lowest BCUT2D eigenvalue weighted by Crippen LogP contribution is -2.63. The summed E-state index contributed by atoms with van der Waals surface area (Å²) in [7, 11) is 1.35. The van der Waals surface area contributed by atoms with Gasteiger partial charge in [0.25, 0.3) is 5.69 Å². The van der Waals surface area contributed by atoms with Gasteiger partial charge in [-0.1, -0.05) is 0 Å². The molecule has 4 aliphatic heterocycles. The fourth-order valence-corrected chi connectivity index (χ4v) is 7.89. The third-order valence-electron chi connectivity index (χ3n) is 10.4. The van der Waals surface area contributed by atoms with Crippen molar-refractivity contribution in [2.24, 2.45) is 11.8 Å². The Balaban J connectivity index is 1.14. The molecule has 4 heterocycles. The predicted octanol–water partition coefficient (Wildman–Crippen LogP) is 2.39. The molecule has 5 aliphatic rings. The number of carbonyl (C=O) groups excluding carboxylic acids is 1. The second-order valence-electron chi connectivity index (χ2n) is 13.4. The number of rotatable bonds is 8. The first-order chi connectivity index (χ1) is 26.0. The number of aliphatic hydroxyl groups excluding tert-OH is 4. The maximum Gasteiger partial charge on any atom is 0.519 e. The number of nitro benzene ring substituents is 1. The van der Waals surface area contributed by atoms with E-state index in [0.717, 1.165) is 0 Å². The molecular weight excluding hydrogens is 718 g/mol. The number of ether oxygens (including phenoxy) is 10. The van der Waals surface area contributed by atoms with Crippen LogP contribution in [0.5, 0.6) is 28.7 Å². The lowest BCUT2D eigenvalue weighted by Gasteiger charge is -2.48. The van der Waals surface area contributed by atoms with Crippen molar-refractivity contribution in [1.29, 1.82) is 0 Å². The van der Waals surface area contributed by atoms with Crippen LogP contribution in [0.2, 0.25) is 0 Å². The third kappa shape index (κ3) is 6.48. The second kappa shape index (κ2) is 14.5. The zero-order valence-corrected chi connectivity index (χ0v) is 28.8. The fraction of sp³-hybridized carbons (Fsp3) is 0.472. The van der Waals surface area contributed by atoms with Crippen LogP contribution in [0.4, 0.5) is 10.5 Å². The zero-order valence-electron chi connectivity index (χ0n) is 28.8. The Hall–Kier alpha value is -4.63. The van der Waals surface area contributed by atoms with Gasteiger partial charge in [-0.15, -0.1) is 0 Å². The minimum atomic E-state index is -1.49. The fourth-order valence-electron chi connectivity index (χ4n) is 7.89. The van der Waals surface area contributed by atoms with E-state index in [0.29, 0.717) is 28.2 Å². The van der Waals surface area contributed by atoms with E-state index < -0.39 is 84.8 Å². The average Bonchev–Trinajstić information content (AvgIpc) is 3.79. The van der Waals surface area contributed by atoms with Gasteiger partial charge in [-0.05, 0) is 60.0 Å². The number of carbonyl (C=O) groups is 1. The SMILES string of the molecule is COc1cc([C@@H]2c3cc4c(cc3[C@@H](OC3OC5COC(C)OC5C(O)C3O)[C@H]3COC(O)[C@H]23)OCO4)cc(CO)c1OC(=O)Oc1ccc([N+](=O)[O-])cc1. The molecule has 0 amide bonds. The minimum absolute atomic E-state index is 0.0159. The van der Waals surface area contributed by atoms with Crippen LogP contribution in [-0.2, 0) is 30.3 Å². The normalized spacial score (nSPS) is 32.2. The van der Waals surface area contributed by atoms with Gasteiger partial charge in [0, 0.05) is 35.4 Å². The molecule has 7 unspecified atom stereocenters. The Kier molecular flexibility index (Phi) is 9.79. The van der Waals surface area contributed by atoms with E-state index in [1.54, 1.807) is 31.2 Å². The van der Waals surface area contributed by atoms with E-state index >= 15 is 0 Å². The Morgan fingerprint density at radius 3 is 2.39 bits per heavy atom. The summed E-state index contributed by atoms with van der Waals surface area (Å²) in [6, 6.07) is 11.5. The summed E-state index contributed by atoms with van der Waals surface area (Å²) < 4.78 is 57.6. The molecule has 0 radical (unpaired) electrons. The molecular formula is C36H37NO17. The molecule has 18 heteroatoms. The number of nitro groups is 1. The molecule has 3 fully saturated rings. The molecule has 4 N–H and O–H groups in total. The van der Waals surface area contributed by atoms with Crippen LogP contribution in [0.3, 0.4) is 0 Å². The molecule has 54 heavy (non-hydrogen) atoms. The number of hydrogen-bond donors (Lipinski definition) is 4. The highest BCUT2D eigenvalue weighted by molar-refractivity contribution is 5.70. The highest BCUT2D eigenvalue weighted by Gasteiger charge is 2.55. The maximum absolute atomic E-state index is 12.9. The topological polar surface area (TPSA) is 233 Å². The van der Waals surface area contributed by atoms with Gasteiger partial charge in [0.2, 0.25) is 6.79 Å². The number of methoxy groups -OCH3 is 1. The van der Waals surface area contributed by atoms with Crippen molar-refractivity contribution >= 4 is 11.8 Å². The summed E-state index contributed by atoms with van der Waals surface area (Å²) in [6.07, 6.45) is -9.65. The van der Waals surface area contributed by atoms with Crippen molar-refractivity contribution in [3.63, 3.8) is 0 Å². The van der Waals surface area contributed by atoms with Crippen LogP contribution in [0, 0.1) is 22.0 Å². The van der Waals surface area contributed by atoms with Gasteiger partial charge in [0.1, 0.15) is 30.2 Å². The molecule has 0 bridgehead atoms. The van der Waals surface area contributed by atoms with Crippen molar-refractivity contribution in [2.75, 3.05) is 27.1 Å². The number of nitrogens with zero attached hydrogens (tertiary/aromatic N) is 1. The van der Waals surface area contributed by atoms with Crippen molar-refractivity contribution in [2.45, 2.75) is 68.8 Å². The van der Waals surface area contributed by atoms with Gasteiger partial charge < -0.3 is 67.8 Å². The van der Waals surface area contributed by atoms with E-state index in [2.05, 4.69) is 0 Å². The summed E-state index contributed by atoms with van der Waals surface area (Å²) in [4.78, 5) is 23.3. The largest absolute Gasteiger partial charge is 0.519 e. The van der Waals surface area contributed by atoms with Gasteiger partial charge in [-0.2, -0.15) is 0 Å². The Labute approximate surface area is 306 Å². The lowest BCUT2D eigenvalue weighted by molar-refractivity contribution is -0.384. The lowest BCUT2D eigenvalue weighted by atomic mass is 9.65. The van der Waals surface area contributed by atoms with Gasteiger partial charge in [0.15, 0.2) is 41.9 Å². The number of benzene rings is 3. The highest BCUT2D eigenvalue weighted by Crippen LogP contribution is 2.57. The summed E-state index contributed by atoms with van der Waals surface area (Å²) in [5.74, 6) is -1.09. The summed E-state index contributed by atoms with van der Waals surface area (Å²) in [5.41, 5.74) is 1.73. The minimum Gasteiger partial charge on any atom is -0.493 e. The van der Waals surface area contributed by atoms with Gasteiger partial charge in [0.05, 0.1) is 38.0 Å². The molecule has 18 nitrogen and oxygen atoms in total. The molecule has 1 aliphatic carbocycles. The second-order valence-corrected chi connectivity index (χ2v) is 13.4. The molecule has 0 spiro atoms. The first-order valence-electron chi connectivity index (χ1n) is 17.2. The first kappa shape index (κ1) is 36.4. The molecule has 3 aromatic carbocycles. The average molecular weight is 756 g/mol. The smallest absolute Gasteiger partial charge is 0.493 e. The molecule has 288 valence electrons. The summed E-state index contributed by atoms with van der Waals surface area (Å²) in [6.45, 7) is 1.20. The standard InChI is InChI=1S/C36H37NO17/c1-15-46-13-26-33(50-15)29(39)30(40)35(52-26)53-32-21-10-24-23(48-14-49-24)9-20(21)27(28-22(32)12-47-34(28)41)16-7-17(11-38)31(25(8-16)45-2)54-36(42)51-19-5-3-18(4-6-19)37(43)44/h3-10,15,22,26-30,32-35,38-41H,11-14H2,1-2H3/t15?,22-,26?,27+,28-,29?,30?,32+,33?,34?,35?/m0/s1. The monoisotopic (exact) mass is 755 g/mol. The Bertz CT molecular complexity index is 1880. The Morgan fingerprint density at radius 2 is 1.69 bits per heavy atom. The molecule has 11 atom stereocenters. The summed E-state index contributed by atoms with van der Waals surface area (Å²) in [5, 5.41) is 55.1. The maximum atomic E-state index is 12.9. The number of non-ortho nitro benzene ring substituents is 1. The highest BCUT2D eigenvalue weighted by atomic mass is 16.8. The molecule has 3 saturated heterocycles. The van der Waals surface area contributed by atoms with Crippen LogP contribution in [0.15, 0.2) is 48.5 Å². The Morgan fingerprint density at radius 1 is 0.944 bits per heavy atom. The number of hydrogen-bond acceptors (Lipinski definition) is 17. The van der Waals surface area contributed by atoms with Crippen molar-refractivity contribution < 1.29 is 77.5 Å². The van der Waals surface area contributed by atoms with Gasteiger partial charge in [-0.25, -0.2) is 4.79 Å². The number of aliphatic hydroxyl groups is 4. The van der Waals surface area contributed by atoms with E-state index in [1.165, 1.54) is 31.4 Å². The predicted molar refractivity (Wildman–Crippen MR) is 177 cm³/mol. The van der Waals surface area contributed by atoms with E-state index in [4.69, 9.17) is 47.4 Å². The number of fused-ring (bicyclic) bond motifs is 4. The van der Waals surface area contributed by atoms with Crippen LogP contribution in [0.1, 0.15) is 41.2 Å². The molecule has 8 rings (SSSR count). The first-order valence-corrected chi connectivity index (χ1v) is 17.2. The van der Waals surface area contributed by atoms with Crippen molar-refractivity contribution in [1.82, 2.24) is 0 Å². The van der Waals surface area contributed by atoms with Crippen LogP contribution in [0.25, 0.3) is 0 Å². The van der Waals surface area contributed by atoms with Crippen LogP contribution < -0.4 is 23.7 Å². The van der Waals surface area contributed by atoms with Crippen LogP contribution >= 0.6 is 0 Å². The van der Waals surface area contributed by atoms with Crippen LogP contribution in [-0.4, -0.2) is 102 Å². The van der Waals surface area contributed by atoms with Gasteiger partial charge >= 0.3 is 6.16 Å². The van der Waals surface area contributed by atoms with Crippen molar-refractivity contribution in [3.8, 4) is 28.7 Å². The molecule has 0 aromatic heterocycles. The third-order valence-corrected chi connectivity index (χ3v) is 10.4. The quantitative estimate of drug-likeness (QED) is 0.112. The summed E-state index contributed by atoms with van der Waals surface area (Å²) >= 11 is 0. The van der Waals surface area contributed by atoms with Crippen molar-refractivity contribution in [3.05, 3.63) is 80.9 Å².